The van der Waals surface area contributed by atoms with Crippen molar-refractivity contribution in [3.05, 3.63) is 11.7 Å². The maximum atomic E-state index is 11.0. The van der Waals surface area contributed by atoms with E-state index in [2.05, 4.69) is 14.9 Å². The van der Waals surface area contributed by atoms with Crippen molar-refractivity contribution in [3.8, 4) is 0 Å². The van der Waals surface area contributed by atoms with E-state index in [0.29, 0.717) is 23.9 Å². The second-order valence-electron chi connectivity index (χ2n) is 3.13. The van der Waals surface area contributed by atoms with Crippen molar-refractivity contribution < 1.29 is 14.1 Å². The van der Waals surface area contributed by atoms with Gasteiger partial charge in [-0.05, 0) is 0 Å². The molecule has 0 saturated carbocycles. The molecule has 0 bridgehead atoms. The zero-order valence-corrected chi connectivity index (χ0v) is 9.84. The molecule has 15 heavy (non-hydrogen) atoms. The molecule has 0 amide bonds. The van der Waals surface area contributed by atoms with Gasteiger partial charge in [0.2, 0.25) is 5.89 Å². The van der Waals surface area contributed by atoms with Gasteiger partial charge >= 0.3 is 5.97 Å². The molecule has 0 fully saturated rings. The van der Waals surface area contributed by atoms with Crippen LogP contribution in [0.3, 0.4) is 0 Å². The van der Waals surface area contributed by atoms with E-state index in [0.717, 1.165) is 0 Å². The van der Waals surface area contributed by atoms with Gasteiger partial charge < -0.3 is 9.26 Å². The average molecular weight is 230 g/mol. The lowest BCUT2D eigenvalue weighted by Crippen LogP contribution is -2.08. The molecule has 5 nitrogen and oxygen atoms in total. The van der Waals surface area contributed by atoms with Gasteiger partial charge in [-0.15, -0.1) is 11.8 Å². The van der Waals surface area contributed by atoms with Gasteiger partial charge in [0.25, 0.3) is 0 Å². The van der Waals surface area contributed by atoms with E-state index in [-0.39, 0.29) is 11.2 Å². The highest BCUT2D eigenvalue weighted by Crippen LogP contribution is 2.18. The molecule has 1 heterocycles. The number of aryl methyl sites for hydroxylation is 1. The maximum Gasteiger partial charge on any atom is 0.306 e. The van der Waals surface area contributed by atoms with E-state index in [1.807, 2.05) is 6.92 Å². The van der Waals surface area contributed by atoms with Crippen molar-refractivity contribution in [2.45, 2.75) is 31.3 Å². The number of aromatic nitrogens is 2. The molecule has 1 atom stereocenters. The Kier molecular flexibility index (Phi) is 4.61. The van der Waals surface area contributed by atoms with E-state index < -0.39 is 0 Å². The van der Waals surface area contributed by atoms with Crippen molar-refractivity contribution in [1.29, 1.82) is 0 Å². The Labute approximate surface area is 92.6 Å². The van der Waals surface area contributed by atoms with Crippen LogP contribution in [0.25, 0.3) is 0 Å². The summed E-state index contributed by atoms with van der Waals surface area (Å²) in [6, 6.07) is 0. The van der Waals surface area contributed by atoms with Crippen LogP contribution in [0.4, 0.5) is 0 Å². The first-order chi connectivity index (χ1) is 7.11. The van der Waals surface area contributed by atoms with Crippen molar-refractivity contribution in [2.75, 3.05) is 7.11 Å². The first-order valence-corrected chi connectivity index (χ1v) is 5.64. The number of hydrogen-bond donors (Lipinski definition) is 0. The Hall–Kier alpha value is -1.04. The number of rotatable bonds is 5. The van der Waals surface area contributed by atoms with Gasteiger partial charge in [-0.2, -0.15) is 4.98 Å². The second kappa shape index (κ2) is 5.75. The zero-order chi connectivity index (χ0) is 11.3. The van der Waals surface area contributed by atoms with E-state index in [4.69, 9.17) is 4.52 Å². The molecule has 0 saturated heterocycles. The standard InChI is InChI=1S/C9H14N2O3S/c1-6(4-9(12)13-3)15-5-8-10-7(2)14-11-8/h6H,4-5H2,1-3H3. The molecule has 1 rings (SSSR count). The molecule has 1 unspecified atom stereocenters. The molecule has 0 N–H and O–H groups in total. The number of methoxy groups -OCH3 is 1. The molecule has 0 aliphatic rings. The minimum atomic E-state index is -0.195. The third kappa shape index (κ3) is 4.33. The number of hydrogen-bond acceptors (Lipinski definition) is 6. The van der Waals surface area contributed by atoms with Gasteiger partial charge in [-0.1, -0.05) is 12.1 Å². The van der Waals surface area contributed by atoms with Crippen molar-refractivity contribution in [2.24, 2.45) is 0 Å². The van der Waals surface area contributed by atoms with Crippen LogP contribution in [0.5, 0.6) is 0 Å². The van der Waals surface area contributed by atoms with E-state index in [9.17, 15) is 4.79 Å². The van der Waals surface area contributed by atoms with E-state index in [1.54, 1.807) is 18.7 Å². The Balaban J connectivity index is 2.28. The Bertz CT molecular complexity index is 327. The molecule has 1 aromatic rings. The normalized spacial score (nSPS) is 12.5. The molecular weight excluding hydrogens is 216 g/mol. The van der Waals surface area contributed by atoms with E-state index >= 15 is 0 Å². The van der Waals surface area contributed by atoms with Gasteiger partial charge in [-0.3, -0.25) is 4.79 Å². The summed E-state index contributed by atoms with van der Waals surface area (Å²) in [7, 11) is 1.39. The van der Waals surface area contributed by atoms with Gasteiger partial charge in [0.15, 0.2) is 5.82 Å². The average Bonchev–Trinajstić information content (AvgIpc) is 2.61. The molecule has 6 heteroatoms. The molecule has 0 aromatic carbocycles. The zero-order valence-electron chi connectivity index (χ0n) is 9.02. The summed E-state index contributed by atoms with van der Waals surface area (Å²) in [5.41, 5.74) is 0. The fourth-order valence-corrected chi connectivity index (χ4v) is 1.80. The summed E-state index contributed by atoms with van der Waals surface area (Å²) < 4.78 is 9.41. The largest absolute Gasteiger partial charge is 0.469 e. The van der Waals surface area contributed by atoms with Gasteiger partial charge in [0, 0.05) is 12.2 Å². The molecule has 0 radical (unpaired) electrons. The molecule has 0 aliphatic carbocycles. The number of carbonyl (C=O) groups is 1. The summed E-state index contributed by atoms with van der Waals surface area (Å²) in [6.07, 6.45) is 0.401. The highest BCUT2D eigenvalue weighted by atomic mass is 32.2. The van der Waals surface area contributed by atoms with Crippen LogP contribution in [-0.4, -0.2) is 28.5 Å². The first-order valence-electron chi connectivity index (χ1n) is 4.59. The van der Waals surface area contributed by atoms with Gasteiger partial charge in [-0.25, -0.2) is 0 Å². The number of thioether (sulfide) groups is 1. The Morgan fingerprint density at radius 3 is 2.93 bits per heavy atom. The van der Waals surface area contributed by atoms with Crippen molar-refractivity contribution in [1.82, 2.24) is 10.1 Å². The van der Waals surface area contributed by atoms with Crippen LogP contribution in [0.2, 0.25) is 0 Å². The quantitative estimate of drug-likeness (QED) is 0.715. The minimum Gasteiger partial charge on any atom is -0.469 e. The van der Waals surface area contributed by atoms with Crippen LogP contribution in [-0.2, 0) is 15.3 Å². The molecule has 0 aliphatic heterocycles. The lowest BCUT2D eigenvalue weighted by molar-refractivity contribution is -0.140. The number of ether oxygens (including phenoxy) is 1. The second-order valence-corrected chi connectivity index (χ2v) is 4.56. The van der Waals surface area contributed by atoms with Crippen LogP contribution in [0, 0.1) is 6.92 Å². The number of nitrogens with zero attached hydrogens (tertiary/aromatic N) is 2. The van der Waals surface area contributed by atoms with E-state index in [1.165, 1.54) is 7.11 Å². The van der Waals surface area contributed by atoms with Gasteiger partial charge in [0.05, 0.1) is 19.3 Å². The highest BCUT2D eigenvalue weighted by molar-refractivity contribution is 7.99. The molecule has 1 aromatic heterocycles. The molecular formula is C9H14N2O3S. The summed E-state index contributed by atoms with van der Waals surface area (Å²) in [4.78, 5) is 15.0. The predicted octanol–water partition coefficient (Wildman–Crippen LogP) is 1.56. The predicted molar refractivity (Wildman–Crippen MR) is 56.4 cm³/mol. The van der Waals surface area contributed by atoms with Crippen LogP contribution in [0.15, 0.2) is 4.52 Å². The lowest BCUT2D eigenvalue weighted by Gasteiger charge is -2.07. The fraction of sp³-hybridized carbons (Fsp3) is 0.667. The highest BCUT2D eigenvalue weighted by Gasteiger charge is 2.11. The lowest BCUT2D eigenvalue weighted by atomic mass is 10.3. The third-order valence-electron chi connectivity index (χ3n) is 1.75. The topological polar surface area (TPSA) is 65.2 Å². The summed E-state index contributed by atoms with van der Waals surface area (Å²) in [5, 5.41) is 3.95. The Morgan fingerprint density at radius 2 is 2.40 bits per heavy atom. The molecule has 0 spiro atoms. The Morgan fingerprint density at radius 1 is 1.67 bits per heavy atom. The maximum absolute atomic E-state index is 11.0. The van der Waals surface area contributed by atoms with Crippen LogP contribution in [0.1, 0.15) is 25.1 Å². The first kappa shape index (κ1) is 12.0. The van der Waals surface area contributed by atoms with Crippen molar-refractivity contribution in [3.63, 3.8) is 0 Å². The summed E-state index contributed by atoms with van der Waals surface area (Å²) >= 11 is 1.60. The van der Waals surface area contributed by atoms with Crippen molar-refractivity contribution >= 4 is 17.7 Å². The minimum absolute atomic E-state index is 0.191. The smallest absolute Gasteiger partial charge is 0.306 e. The fourth-order valence-electron chi connectivity index (χ4n) is 0.994. The number of carbonyl (C=O) groups excluding carboxylic acids is 1. The monoisotopic (exact) mass is 230 g/mol. The molecule has 84 valence electrons. The van der Waals surface area contributed by atoms with Crippen LogP contribution >= 0.6 is 11.8 Å². The van der Waals surface area contributed by atoms with Crippen LogP contribution < -0.4 is 0 Å². The summed E-state index contributed by atoms with van der Waals surface area (Å²) in [5.74, 6) is 1.68. The van der Waals surface area contributed by atoms with Gasteiger partial charge in [0.1, 0.15) is 0 Å². The SMILES string of the molecule is COC(=O)CC(C)SCc1noc(C)n1. The third-order valence-corrected chi connectivity index (χ3v) is 2.91. The number of esters is 1. The summed E-state index contributed by atoms with van der Waals surface area (Å²) in [6.45, 7) is 3.72.